The van der Waals surface area contributed by atoms with E-state index in [1.165, 1.54) is 11.8 Å². The highest BCUT2D eigenvalue weighted by atomic mass is 32.2. The van der Waals surface area contributed by atoms with Gasteiger partial charge in [0.1, 0.15) is 0 Å². The van der Waals surface area contributed by atoms with Crippen LogP contribution in [0.25, 0.3) is 5.69 Å². The van der Waals surface area contributed by atoms with Crippen molar-refractivity contribution in [1.29, 1.82) is 0 Å². The predicted molar refractivity (Wildman–Crippen MR) is 69.9 cm³/mol. The smallest absolute Gasteiger partial charge is 0.230 e. The summed E-state index contributed by atoms with van der Waals surface area (Å²) in [5.41, 5.74) is 1.60. The molecule has 1 aromatic carbocycles. The molecule has 7 nitrogen and oxygen atoms in total. The van der Waals surface area contributed by atoms with Crippen molar-refractivity contribution in [3.8, 4) is 5.69 Å². The van der Waals surface area contributed by atoms with Crippen LogP contribution in [0, 0.1) is 0 Å². The van der Waals surface area contributed by atoms with E-state index in [0.717, 1.165) is 11.3 Å². The average Bonchev–Trinajstić information content (AvgIpc) is 2.93. The van der Waals surface area contributed by atoms with Gasteiger partial charge < -0.3 is 10.4 Å². The van der Waals surface area contributed by atoms with Crippen molar-refractivity contribution in [2.45, 2.75) is 11.8 Å². The molecule has 0 fully saturated rings. The first-order valence-electron chi connectivity index (χ1n) is 5.56. The second-order valence-electron chi connectivity index (χ2n) is 3.66. The summed E-state index contributed by atoms with van der Waals surface area (Å²) < 4.78 is 1.55. The van der Waals surface area contributed by atoms with E-state index in [0.29, 0.717) is 5.16 Å². The lowest BCUT2D eigenvalue weighted by atomic mass is 10.2. The van der Waals surface area contributed by atoms with E-state index in [-0.39, 0.29) is 18.3 Å². The first-order chi connectivity index (χ1) is 9.24. The summed E-state index contributed by atoms with van der Waals surface area (Å²) in [6, 6.07) is 7.21. The maximum atomic E-state index is 11.2. The van der Waals surface area contributed by atoms with Crippen molar-refractivity contribution in [2.75, 3.05) is 12.8 Å². The molecule has 0 saturated carbocycles. The third kappa shape index (κ3) is 3.30. The topological polar surface area (TPSA) is 92.9 Å². The number of carbonyl (C=O) groups excluding carboxylic acids is 1. The Morgan fingerprint density at radius 2 is 2.16 bits per heavy atom. The van der Waals surface area contributed by atoms with Gasteiger partial charge in [0.15, 0.2) is 0 Å². The van der Waals surface area contributed by atoms with Gasteiger partial charge in [0.2, 0.25) is 11.1 Å². The van der Waals surface area contributed by atoms with Crippen molar-refractivity contribution >= 4 is 17.7 Å². The summed E-state index contributed by atoms with van der Waals surface area (Å²) in [7, 11) is 1.58. The molecule has 0 aliphatic carbocycles. The summed E-state index contributed by atoms with van der Waals surface area (Å²) >= 11 is 1.26. The zero-order chi connectivity index (χ0) is 13.7. The molecule has 0 atom stereocenters. The summed E-state index contributed by atoms with van der Waals surface area (Å²) in [4.78, 5) is 11.2. The average molecular weight is 279 g/mol. The molecule has 19 heavy (non-hydrogen) atoms. The molecular formula is C11H13N5O2S. The fourth-order valence-electron chi connectivity index (χ4n) is 1.38. The molecule has 0 spiro atoms. The lowest BCUT2D eigenvalue weighted by molar-refractivity contribution is -0.118. The predicted octanol–water partition coefficient (Wildman–Crippen LogP) is -0.00730. The van der Waals surface area contributed by atoms with Crippen LogP contribution in [0.5, 0.6) is 0 Å². The van der Waals surface area contributed by atoms with Gasteiger partial charge in [0.25, 0.3) is 0 Å². The van der Waals surface area contributed by atoms with Crippen LogP contribution in [0.15, 0.2) is 29.4 Å². The molecule has 0 aliphatic heterocycles. The number of carbonyl (C=O) groups is 1. The van der Waals surface area contributed by atoms with Gasteiger partial charge in [0, 0.05) is 7.05 Å². The number of nitrogens with one attached hydrogen (secondary N) is 1. The fraction of sp³-hybridized carbons (Fsp3) is 0.273. The van der Waals surface area contributed by atoms with Gasteiger partial charge in [-0.05, 0) is 28.1 Å². The zero-order valence-electron chi connectivity index (χ0n) is 10.3. The number of aromatic nitrogens is 4. The molecule has 0 aliphatic rings. The molecule has 1 aromatic heterocycles. The number of amides is 1. The number of hydrogen-bond acceptors (Lipinski definition) is 6. The Hall–Kier alpha value is -1.93. The number of thioether (sulfide) groups is 1. The molecule has 2 rings (SSSR count). The van der Waals surface area contributed by atoms with E-state index >= 15 is 0 Å². The van der Waals surface area contributed by atoms with Crippen LogP contribution in [0.1, 0.15) is 5.56 Å². The highest BCUT2D eigenvalue weighted by molar-refractivity contribution is 7.99. The van der Waals surface area contributed by atoms with Crippen LogP contribution in [0.2, 0.25) is 0 Å². The molecule has 0 bridgehead atoms. The van der Waals surface area contributed by atoms with Gasteiger partial charge in [-0.3, -0.25) is 4.79 Å². The highest BCUT2D eigenvalue weighted by Gasteiger charge is 2.10. The van der Waals surface area contributed by atoms with Crippen LogP contribution in [0.3, 0.4) is 0 Å². The zero-order valence-corrected chi connectivity index (χ0v) is 11.1. The Bertz CT molecular complexity index is 554. The first kappa shape index (κ1) is 13.5. The Morgan fingerprint density at radius 1 is 1.42 bits per heavy atom. The van der Waals surface area contributed by atoms with Gasteiger partial charge >= 0.3 is 0 Å². The minimum Gasteiger partial charge on any atom is -0.392 e. The van der Waals surface area contributed by atoms with E-state index in [9.17, 15) is 4.79 Å². The van der Waals surface area contributed by atoms with Crippen LogP contribution < -0.4 is 5.32 Å². The van der Waals surface area contributed by atoms with Crippen molar-refractivity contribution < 1.29 is 9.90 Å². The van der Waals surface area contributed by atoms with Gasteiger partial charge in [-0.15, -0.1) is 5.10 Å². The second-order valence-corrected chi connectivity index (χ2v) is 4.60. The Balaban J connectivity index is 2.15. The molecular weight excluding hydrogens is 266 g/mol. The maximum absolute atomic E-state index is 11.2. The standard InChI is InChI=1S/C11H13N5O2S/c1-12-10(18)7-19-11-13-14-15-16(11)9-4-2-8(6-17)3-5-9/h2-5,17H,6-7H2,1H3,(H,12,18). The number of aliphatic hydroxyl groups is 1. The van der Waals surface area contributed by atoms with Crippen LogP contribution in [0.4, 0.5) is 0 Å². The second kappa shape index (κ2) is 6.30. The third-order valence-electron chi connectivity index (χ3n) is 2.42. The van der Waals surface area contributed by atoms with Crippen LogP contribution >= 0.6 is 11.8 Å². The number of tetrazole rings is 1. The largest absolute Gasteiger partial charge is 0.392 e. The quantitative estimate of drug-likeness (QED) is 0.748. The molecule has 1 heterocycles. The lowest BCUT2D eigenvalue weighted by Gasteiger charge is -2.04. The molecule has 0 radical (unpaired) electrons. The number of hydrogen-bond donors (Lipinski definition) is 2. The van der Waals surface area contributed by atoms with E-state index in [1.807, 2.05) is 12.1 Å². The Kier molecular flexibility index (Phi) is 4.48. The first-order valence-corrected chi connectivity index (χ1v) is 6.55. The van der Waals surface area contributed by atoms with E-state index in [4.69, 9.17) is 5.11 Å². The van der Waals surface area contributed by atoms with E-state index in [1.54, 1.807) is 23.9 Å². The summed E-state index contributed by atoms with van der Waals surface area (Å²) in [5.74, 6) is 0.168. The monoisotopic (exact) mass is 279 g/mol. The number of aliphatic hydroxyl groups excluding tert-OH is 1. The molecule has 1 amide bonds. The molecule has 0 saturated heterocycles. The van der Waals surface area contributed by atoms with E-state index < -0.39 is 0 Å². The van der Waals surface area contributed by atoms with Gasteiger partial charge in [-0.2, -0.15) is 4.68 Å². The summed E-state index contributed by atoms with van der Waals surface area (Å²) in [6.45, 7) is -0.00579. The normalized spacial score (nSPS) is 10.4. The number of benzene rings is 1. The highest BCUT2D eigenvalue weighted by Crippen LogP contribution is 2.18. The van der Waals surface area contributed by atoms with E-state index in [2.05, 4.69) is 20.8 Å². The third-order valence-corrected chi connectivity index (χ3v) is 3.33. The summed E-state index contributed by atoms with van der Waals surface area (Å²) in [5, 5.41) is 23.4. The SMILES string of the molecule is CNC(=O)CSc1nnnn1-c1ccc(CO)cc1. The van der Waals surface area contributed by atoms with Gasteiger partial charge in [-0.1, -0.05) is 23.9 Å². The Labute approximate surface area is 114 Å². The number of rotatable bonds is 5. The maximum Gasteiger partial charge on any atom is 0.230 e. The van der Waals surface area contributed by atoms with Crippen molar-refractivity contribution in [3.63, 3.8) is 0 Å². The minimum atomic E-state index is -0.0878. The summed E-state index contributed by atoms with van der Waals surface area (Å²) in [6.07, 6.45) is 0. The molecule has 0 unspecified atom stereocenters. The van der Waals surface area contributed by atoms with Crippen LogP contribution in [-0.2, 0) is 11.4 Å². The van der Waals surface area contributed by atoms with Gasteiger partial charge in [0.05, 0.1) is 18.0 Å². The minimum absolute atomic E-state index is 0.00579. The molecule has 2 aromatic rings. The van der Waals surface area contributed by atoms with Crippen molar-refractivity contribution in [3.05, 3.63) is 29.8 Å². The lowest BCUT2D eigenvalue weighted by Crippen LogP contribution is -2.20. The molecule has 100 valence electrons. The molecule has 8 heteroatoms. The van der Waals surface area contributed by atoms with Crippen molar-refractivity contribution in [1.82, 2.24) is 25.5 Å². The molecule has 2 N–H and O–H groups in total. The number of nitrogens with zero attached hydrogens (tertiary/aromatic N) is 4. The van der Waals surface area contributed by atoms with Crippen molar-refractivity contribution in [2.24, 2.45) is 0 Å². The van der Waals surface area contributed by atoms with Crippen LogP contribution in [-0.4, -0.2) is 44.0 Å². The van der Waals surface area contributed by atoms with Gasteiger partial charge in [-0.25, -0.2) is 0 Å². The fourth-order valence-corrected chi connectivity index (χ4v) is 2.14. The Morgan fingerprint density at radius 3 is 2.79 bits per heavy atom.